The van der Waals surface area contributed by atoms with E-state index in [-0.39, 0.29) is 35.9 Å². The zero-order valence-corrected chi connectivity index (χ0v) is 21.3. The molecule has 5 atom stereocenters. The zero-order chi connectivity index (χ0) is 26.2. The number of carbonyl (C=O) groups excluding carboxylic acids is 4. The standard InChI is InChI=1S/C26H38N4O6/c1-4-16(2)22(29-23(32)19-7-5-13-27-19)25(34)30-14-6-8-21(30)24(33)28-20(26(35)36-3)15-17-9-11-18(31)12-10-17/h9-12,16,19-22,27,31H,4-8,13-15H2,1-3H3,(H,28,33)(H,29,32)/t16-,19-,20-,21-,22-/m0/s1. The Labute approximate surface area is 212 Å². The first kappa shape index (κ1) is 27.4. The Morgan fingerprint density at radius 3 is 2.44 bits per heavy atom. The molecule has 0 bridgehead atoms. The summed E-state index contributed by atoms with van der Waals surface area (Å²) in [6.45, 7) is 5.06. The normalized spacial score (nSPS) is 21.9. The number of nitrogens with zero attached hydrogens (tertiary/aromatic N) is 1. The van der Waals surface area contributed by atoms with Crippen molar-refractivity contribution in [3.63, 3.8) is 0 Å². The zero-order valence-electron chi connectivity index (χ0n) is 21.3. The second-order valence-corrected chi connectivity index (χ2v) is 9.67. The van der Waals surface area contributed by atoms with Crippen LogP contribution in [-0.2, 0) is 30.3 Å². The SMILES string of the molecule is CC[C@H](C)[C@H](NC(=O)[C@@H]1CCCN1)C(=O)N1CCC[C@H]1C(=O)N[C@@H](Cc1ccc(O)cc1)C(=O)OC. The number of hydrogen-bond donors (Lipinski definition) is 4. The number of ether oxygens (including phenoxy) is 1. The molecule has 2 heterocycles. The summed E-state index contributed by atoms with van der Waals surface area (Å²) in [5.41, 5.74) is 0.739. The van der Waals surface area contributed by atoms with Crippen molar-refractivity contribution in [1.29, 1.82) is 0 Å². The fraction of sp³-hybridized carbons (Fsp3) is 0.615. The van der Waals surface area contributed by atoms with Crippen molar-refractivity contribution < 1.29 is 29.0 Å². The molecular formula is C26H38N4O6. The summed E-state index contributed by atoms with van der Waals surface area (Å²) in [7, 11) is 1.25. The molecular weight excluding hydrogens is 464 g/mol. The van der Waals surface area contributed by atoms with Gasteiger partial charge in [-0.2, -0.15) is 0 Å². The minimum atomic E-state index is -0.942. The smallest absolute Gasteiger partial charge is 0.328 e. The lowest BCUT2D eigenvalue weighted by Gasteiger charge is -2.32. The van der Waals surface area contributed by atoms with Crippen LogP contribution in [0.25, 0.3) is 0 Å². The number of likely N-dealkylation sites (tertiary alicyclic amines) is 1. The lowest BCUT2D eigenvalue weighted by atomic mass is 9.96. The molecule has 0 aromatic heterocycles. The summed E-state index contributed by atoms with van der Waals surface area (Å²) >= 11 is 0. The number of carbonyl (C=O) groups is 4. The van der Waals surface area contributed by atoms with Gasteiger partial charge in [-0.3, -0.25) is 14.4 Å². The van der Waals surface area contributed by atoms with Crippen LogP contribution < -0.4 is 16.0 Å². The molecule has 0 spiro atoms. The van der Waals surface area contributed by atoms with Gasteiger partial charge in [-0.15, -0.1) is 0 Å². The van der Waals surface area contributed by atoms with Gasteiger partial charge in [0.05, 0.1) is 13.2 Å². The van der Waals surface area contributed by atoms with E-state index in [0.717, 1.165) is 24.9 Å². The molecule has 4 N–H and O–H groups in total. The topological polar surface area (TPSA) is 137 Å². The molecule has 0 saturated carbocycles. The van der Waals surface area contributed by atoms with Crippen molar-refractivity contribution in [2.75, 3.05) is 20.2 Å². The van der Waals surface area contributed by atoms with Gasteiger partial charge >= 0.3 is 5.97 Å². The number of aromatic hydroxyl groups is 1. The molecule has 0 aliphatic carbocycles. The molecule has 2 saturated heterocycles. The number of benzene rings is 1. The molecule has 3 rings (SSSR count). The van der Waals surface area contributed by atoms with Crippen LogP contribution >= 0.6 is 0 Å². The fourth-order valence-corrected chi connectivity index (χ4v) is 4.80. The average Bonchev–Trinajstić information content (AvgIpc) is 3.59. The Hall–Kier alpha value is -3.14. The minimum absolute atomic E-state index is 0.101. The number of hydrogen-bond acceptors (Lipinski definition) is 7. The Bertz CT molecular complexity index is 931. The highest BCUT2D eigenvalue weighted by molar-refractivity contribution is 5.95. The first-order chi connectivity index (χ1) is 17.2. The van der Waals surface area contributed by atoms with Crippen LogP contribution in [0.5, 0.6) is 5.75 Å². The largest absolute Gasteiger partial charge is 0.508 e. The van der Waals surface area contributed by atoms with Gasteiger partial charge in [-0.25, -0.2) is 4.79 Å². The van der Waals surface area contributed by atoms with Gasteiger partial charge in [-0.1, -0.05) is 32.4 Å². The second kappa shape index (κ2) is 12.7. The van der Waals surface area contributed by atoms with Gasteiger partial charge < -0.3 is 30.7 Å². The van der Waals surface area contributed by atoms with E-state index in [0.29, 0.717) is 25.8 Å². The van der Waals surface area contributed by atoms with Gasteiger partial charge in [-0.05, 0) is 55.8 Å². The Morgan fingerprint density at radius 2 is 1.83 bits per heavy atom. The predicted octanol–water partition coefficient (Wildman–Crippen LogP) is 0.866. The van der Waals surface area contributed by atoms with Gasteiger partial charge in [0.2, 0.25) is 17.7 Å². The lowest BCUT2D eigenvalue weighted by Crippen LogP contribution is -2.58. The van der Waals surface area contributed by atoms with E-state index in [4.69, 9.17) is 4.74 Å². The van der Waals surface area contributed by atoms with Crippen LogP contribution in [0, 0.1) is 5.92 Å². The third-order valence-electron chi connectivity index (χ3n) is 7.17. The maximum atomic E-state index is 13.6. The van der Waals surface area contributed by atoms with Gasteiger partial charge in [0.25, 0.3) is 0 Å². The molecule has 2 aliphatic heterocycles. The molecule has 3 amide bonds. The Balaban J connectivity index is 1.71. The van der Waals surface area contributed by atoms with Crippen molar-refractivity contribution in [3.8, 4) is 5.75 Å². The van der Waals surface area contributed by atoms with Crippen LogP contribution in [0.15, 0.2) is 24.3 Å². The number of rotatable bonds is 10. The van der Waals surface area contributed by atoms with Gasteiger partial charge in [0.1, 0.15) is 23.9 Å². The first-order valence-corrected chi connectivity index (χ1v) is 12.8. The molecule has 0 radical (unpaired) electrons. The molecule has 198 valence electrons. The number of amides is 3. The predicted molar refractivity (Wildman–Crippen MR) is 133 cm³/mol. The van der Waals surface area contributed by atoms with E-state index >= 15 is 0 Å². The highest BCUT2D eigenvalue weighted by Crippen LogP contribution is 2.22. The monoisotopic (exact) mass is 502 g/mol. The van der Waals surface area contributed by atoms with Crippen molar-refractivity contribution >= 4 is 23.7 Å². The molecule has 0 unspecified atom stereocenters. The van der Waals surface area contributed by atoms with Crippen LogP contribution in [0.2, 0.25) is 0 Å². The molecule has 36 heavy (non-hydrogen) atoms. The third-order valence-corrected chi connectivity index (χ3v) is 7.17. The summed E-state index contributed by atoms with van der Waals surface area (Å²) in [6.07, 6.45) is 3.64. The van der Waals surface area contributed by atoms with Crippen molar-refractivity contribution in [2.24, 2.45) is 5.92 Å². The van der Waals surface area contributed by atoms with Gasteiger partial charge in [0.15, 0.2) is 0 Å². The molecule has 10 heteroatoms. The Kier molecular flexibility index (Phi) is 9.69. The van der Waals surface area contributed by atoms with Crippen molar-refractivity contribution in [3.05, 3.63) is 29.8 Å². The van der Waals surface area contributed by atoms with Crippen LogP contribution in [0.1, 0.15) is 51.5 Å². The van der Waals surface area contributed by atoms with Crippen LogP contribution in [0.4, 0.5) is 0 Å². The number of phenolic OH excluding ortho intramolecular Hbond substituents is 1. The third kappa shape index (κ3) is 6.75. The van der Waals surface area contributed by atoms with Crippen molar-refractivity contribution in [1.82, 2.24) is 20.9 Å². The molecule has 1 aromatic carbocycles. The maximum absolute atomic E-state index is 13.6. The van der Waals surface area contributed by atoms with E-state index in [1.54, 1.807) is 12.1 Å². The van der Waals surface area contributed by atoms with Crippen LogP contribution in [-0.4, -0.2) is 78.1 Å². The highest BCUT2D eigenvalue weighted by Gasteiger charge is 2.40. The lowest BCUT2D eigenvalue weighted by molar-refractivity contribution is -0.147. The number of esters is 1. The minimum Gasteiger partial charge on any atom is -0.508 e. The Morgan fingerprint density at radius 1 is 1.11 bits per heavy atom. The highest BCUT2D eigenvalue weighted by atomic mass is 16.5. The maximum Gasteiger partial charge on any atom is 0.328 e. The first-order valence-electron chi connectivity index (χ1n) is 12.8. The second-order valence-electron chi connectivity index (χ2n) is 9.67. The van der Waals surface area contributed by atoms with Gasteiger partial charge in [0, 0.05) is 13.0 Å². The summed E-state index contributed by atoms with van der Waals surface area (Å²) in [5.74, 6) is -1.50. The van der Waals surface area contributed by atoms with E-state index in [1.165, 1.54) is 24.1 Å². The molecule has 1 aromatic rings. The van der Waals surface area contributed by atoms with E-state index in [1.807, 2.05) is 13.8 Å². The average molecular weight is 503 g/mol. The van der Waals surface area contributed by atoms with E-state index in [2.05, 4.69) is 16.0 Å². The van der Waals surface area contributed by atoms with Crippen LogP contribution in [0.3, 0.4) is 0 Å². The van der Waals surface area contributed by atoms with Crippen molar-refractivity contribution in [2.45, 2.75) is 76.5 Å². The molecule has 2 fully saturated rings. The quantitative estimate of drug-likeness (QED) is 0.348. The fourth-order valence-electron chi connectivity index (χ4n) is 4.80. The summed E-state index contributed by atoms with van der Waals surface area (Å²) < 4.78 is 4.89. The number of nitrogens with one attached hydrogen (secondary N) is 3. The number of methoxy groups -OCH3 is 1. The summed E-state index contributed by atoms with van der Waals surface area (Å²) in [4.78, 5) is 53.6. The molecule has 2 aliphatic rings. The van der Waals surface area contributed by atoms with E-state index < -0.39 is 30.0 Å². The summed E-state index contributed by atoms with van der Waals surface area (Å²) in [6, 6.07) is 3.64. The molecule has 10 nitrogen and oxygen atoms in total. The number of phenols is 1. The van der Waals surface area contributed by atoms with E-state index in [9.17, 15) is 24.3 Å². The summed E-state index contributed by atoms with van der Waals surface area (Å²) in [5, 5.41) is 18.4.